The van der Waals surface area contributed by atoms with E-state index in [1.807, 2.05) is 49.9 Å². The van der Waals surface area contributed by atoms with Crippen LogP contribution < -0.4 is 5.53 Å². The first-order valence-corrected chi connectivity index (χ1v) is 9.37. The van der Waals surface area contributed by atoms with E-state index in [0.717, 1.165) is 45.3 Å². The van der Waals surface area contributed by atoms with Gasteiger partial charge in [0.05, 0.1) is 6.42 Å². The average Bonchev–Trinajstić information content (AvgIpc) is 2.60. The molecule has 0 aliphatic rings. The van der Waals surface area contributed by atoms with Gasteiger partial charge in [-0.3, -0.25) is 4.79 Å². The summed E-state index contributed by atoms with van der Waals surface area (Å²) in [6, 6.07) is 12.2. The Hall–Kier alpha value is -2.14. The highest BCUT2D eigenvalue weighted by Gasteiger charge is 2.14. The number of nitrogens with two attached hydrogens (primary N) is 1. The van der Waals surface area contributed by atoms with Crippen LogP contribution in [-0.4, -0.2) is 23.9 Å². The molecule has 2 aromatic rings. The molecule has 0 aliphatic heterocycles. The highest BCUT2D eigenvalue weighted by atomic mass is 32.2. The second kappa shape index (κ2) is 8.81. The molecule has 0 aliphatic carbocycles. The van der Waals surface area contributed by atoms with E-state index in [4.69, 9.17) is 5.53 Å². The van der Waals surface area contributed by atoms with Crippen LogP contribution in [0.2, 0.25) is 0 Å². The summed E-state index contributed by atoms with van der Waals surface area (Å²) in [7, 11) is 0. The lowest BCUT2D eigenvalue weighted by atomic mass is 10.1. The topological polar surface area (TPSA) is 58.3 Å². The van der Waals surface area contributed by atoms with Crippen molar-refractivity contribution in [2.45, 2.75) is 43.9 Å². The summed E-state index contributed by atoms with van der Waals surface area (Å²) in [6.07, 6.45) is 0.430. The van der Waals surface area contributed by atoms with Crippen LogP contribution in [0.4, 0.5) is 5.69 Å². The molecule has 0 atom stereocenters. The fraction of sp³-hybridized carbons (Fsp3) is 0.350. The van der Waals surface area contributed by atoms with Crippen molar-refractivity contribution < 1.29 is 10.3 Å². The quantitative estimate of drug-likeness (QED) is 0.769. The summed E-state index contributed by atoms with van der Waals surface area (Å²) in [6.45, 7) is 9.57. The Labute approximate surface area is 154 Å². The highest BCUT2D eigenvalue weighted by Crippen LogP contribution is 2.36. The van der Waals surface area contributed by atoms with Gasteiger partial charge in [-0.05, 0) is 67.7 Å². The van der Waals surface area contributed by atoms with E-state index in [1.54, 1.807) is 11.8 Å². The Kier molecular flexibility index (Phi) is 6.76. The van der Waals surface area contributed by atoms with Gasteiger partial charge in [-0.2, -0.15) is 5.53 Å². The number of benzene rings is 2. The first kappa shape index (κ1) is 19.2. The molecule has 2 N–H and O–H groups in total. The lowest BCUT2D eigenvalue weighted by molar-refractivity contribution is -0.210. The van der Waals surface area contributed by atoms with E-state index in [0.29, 0.717) is 6.42 Å². The first-order valence-electron chi connectivity index (χ1n) is 8.55. The van der Waals surface area contributed by atoms with Gasteiger partial charge in [0.15, 0.2) is 0 Å². The van der Waals surface area contributed by atoms with Crippen LogP contribution in [0.3, 0.4) is 0 Å². The van der Waals surface area contributed by atoms with E-state index in [-0.39, 0.29) is 5.91 Å². The summed E-state index contributed by atoms with van der Waals surface area (Å²) in [5.74, 6) is 0.170. The summed E-state index contributed by atoms with van der Waals surface area (Å²) in [4.78, 5) is 16.6. The number of carbonyl (C=O) groups is 1. The lowest BCUT2D eigenvalue weighted by Gasteiger charge is -2.19. The molecule has 0 fully saturated rings. The zero-order valence-electron chi connectivity index (χ0n) is 15.4. The van der Waals surface area contributed by atoms with Crippen LogP contribution in [0.25, 0.3) is 0 Å². The Morgan fingerprint density at radius 1 is 1.08 bits per heavy atom. The van der Waals surface area contributed by atoms with E-state index < -0.39 is 0 Å². The molecule has 0 aromatic heterocycles. The Morgan fingerprint density at radius 3 is 2.40 bits per heavy atom. The lowest BCUT2D eigenvalue weighted by Crippen LogP contribution is -2.31. The van der Waals surface area contributed by atoms with Gasteiger partial charge in [-0.1, -0.05) is 30.0 Å². The van der Waals surface area contributed by atoms with Crippen molar-refractivity contribution >= 4 is 23.4 Å². The Bertz CT molecular complexity index is 770. The van der Waals surface area contributed by atoms with Gasteiger partial charge in [-0.25, -0.2) is 0 Å². The van der Waals surface area contributed by atoms with Gasteiger partial charge in [0, 0.05) is 22.9 Å². The summed E-state index contributed by atoms with van der Waals surface area (Å²) >= 11 is 1.69. The molecule has 0 heterocycles. The molecule has 4 nitrogen and oxygen atoms in total. The number of carbonyl (C=O) groups excluding carboxylic acids is 1. The maximum absolute atomic E-state index is 12.5. The van der Waals surface area contributed by atoms with Gasteiger partial charge < -0.3 is 4.90 Å². The summed E-state index contributed by atoms with van der Waals surface area (Å²) in [5, 5.41) is 3.81. The van der Waals surface area contributed by atoms with Gasteiger partial charge in [0.1, 0.15) is 5.69 Å². The molecule has 1 amide bonds. The fourth-order valence-electron chi connectivity index (χ4n) is 2.74. The normalized spacial score (nSPS) is 10.6. The molecule has 5 heteroatoms. The molecule has 0 saturated heterocycles. The van der Waals surface area contributed by atoms with E-state index in [2.05, 4.69) is 24.2 Å². The van der Waals surface area contributed by atoms with Crippen LogP contribution >= 0.6 is 11.8 Å². The second-order valence-corrected chi connectivity index (χ2v) is 7.07. The maximum atomic E-state index is 12.5. The van der Waals surface area contributed by atoms with Crippen LogP contribution in [0.5, 0.6) is 0 Å². The molecule has 0 unspecified atom stereocenters. The third-order valence-electron chi connectivity index (χ3n) is 4.28. The predicted molar refractivity (Wildman–Crippen MR) is 102 cm³/mol. The molecule has 0 bridgehead atoms. The van der Waals surface area contributed by atoms with Gasteiger partial charge in [0.25, 0.3) is 0 Å². The minimum Gasteiger partial charge on any atom is -0.343 e. The third kappa shape index (κ3) is 4.69. The standard InChI is InChI=1S/C20H25N3OS/c1-5-23(6-2)20(24)13-16-9-7-8-10-18(16)25-19-12-14(3)17(22-21)11-15(19)4/h7-12,21H,5-6,13H2,1-4H3/p+1. The molecule has 0 saturated carbocycles. The number of rotatable bonds is 7. The molecule has 0 spiro atoms. The van der Waals surface area contributed by atoms with E-state index in [1.165, 1.54) is 0 Å². The monoisotopic (exact) mass is 356 g/mol. The summed E-state index contributed by atoms with van der Waals surface area (Å²) < 4.78 is 0. The van der Waals surface area contributed by atoms with Gasteiger partial charge in [-0.15, -0.1) is 0 Å². The van der Waals surface area contributed by atoms with Crippen molar-refractivity contribution in [2.24, 2.45) is 5.11 Å². The van der Waals surface area contributed by atoms with Crippen molar-refractivity contribution in [1.82, 2.24) is 4.90 Å². The molecular formula is C20H26N3OS+. The molecular weight excluding hydrogens is 330 g/mol. The number of likely N-dealkylation sites (N-methyl/N-ethyl adjacent to an activating group) is 1. The van der Waals surface area contributed by atoms with Crippen molar-refractivity contribution in [2.75, 3.05) is 13.1 Å². The van der Waals surface area contributed by atoms with Crippen molar-refractivity contribution in [3.63, 3.8) is 0 Å². The van der Waals surface area contributed by atoms with Crippen molar-refractivity contribution in [3.8, 4) is 0 Å². The number of hydrogen-bond acceptors (Lipinski definition) is 3. The highest BCUT2D eigenvalue weighted by molar-refractivity contribution is 7.99. The smallest absolute Gasteiger partial charge is 0.227 e. The third-order valence-corrected chi connectivity index (χ3v) is 5.56. The molecule has 0 radical (unpaired) electrons. The van der Waals surface area contributed by atoms with Crippen LogP contribution in [-0.2, 0) is 11.2 Å². The number of aryl methyl sites for hydroxylation is 2. The number of nitrogens with zero attached hydrogens (tertiary/aromatic N) is 2. The second-order valence-electron chi connectivity index (χ2n) is 5.99. The molecule has 25 heavy (non-hydrogen) atoms. The molecule has 2 aromatic carbocycles. The van der Waals surface area contributed by atoms with E-state index >= 15 is 0 Å². The fourth-order valence-corrected chi connectivity index (χ4v) is 3.85. The van der Waals surface area contributed by atoms with E-state index in [9.17, 15) is 4.79 Å². The minimum absolute atomic E-state index is 0.170. The number of hydrogen-bond donors (Lipinski definition) is 1. The van der Waals surface area contributed by atoms with Gasteiger partial charge >= 0.3 is 0 Å². The van der Waals surface area contributed by atoms with Crippen molar-refractivity contribution in [3.05, 3.63) is 53.1 Å². The van der Waals surface area contributed by atoms with Gasteiger partial charge in [0.2, 0.25) is 5.91 Å². The molecule has 2 rings (SSSR count). The Morgan fingerprint density at radius 2 is 1.76 bits per heavy atom. The van der Waals surface area contributed by atoms with Crippen molar-refractivity contribution in [1.29, 1.82) is 0 Å². The van der Waals surface area contributed by atoms with Crippen LogP contribution in [0, 0.1) is 13.8 Å². The predicted octanol–water partition coefficient (Wildman–Crippen LogP) is 3.71. The maximum Gasteiger partial charge on any atom is 0.227 e. The zero-order valence-corrected chi connectivity index (χ0v) is 16.2. The largest absolute Gasteiger partial charge is 0.343 e. The molecule has 132 valence electrons. The summed E-state index contributed by atoms with van der Waals surface area (Å²) in [5.41, 5.74) is 9.49. The average molecular weight is 357 g/mol. The zero-order chi connectivity index (χ0) is 18.4. The SMILES string of the molecule is CCN(CC)C(=O)Cc1ccccc1Sc1cc(C)c(N=[NH2+])cc1C. The Balaban J connectivity index is 2.28. The van der Waals surface area contributed by atoms with Crippen LogP contribution in [0.15, 0.2) is 51.3 Å². The first-order chi connectivity index (χ1) is 12.0. The van der Waals surface area contributed by atoms with Crippen LogP contribution in [0.1, 0.15) is 30.5 Å². The minimum atomic E-state index is 0.170. The number of amides is 1.